The molecule has 0 spiro atoms. The molecular weight excluding hydrogens is 338 g/mol. The van der Waals surface area contributed by atoms with Crippen molar-refractivity contribution in [2.24, 2.45) is 0 Å². The van der Waals surface area contributed by atoms with Gasteiger partial charge in [0.25, 0.3) is 5.56 Å². The highest BCUT2D eigenvalue weighted by molar-refractivity contribution is 6.30. The molecule has 4 aromatic rings. The molecule has 0 atom stereocenters. The van der Waals surface area contributed by atoms with Crippen molar-refractivity contribution in [1.82, 2.24) is 24.5 Å². The van der Waals surface area contributed by atoms with Crippen LogP contribution in [-0.4, -0.2) is 24.5 Å². The number of benzene rings is 2. The molecule has 6 nitrogen and oxygen atoms in total. The minimum atomic E-state index is -0.223. The van der Waals surface area contributed by atoms with Crippen LogP contribution in [0, 0.1) is 6.92 Å². The van der Waals surface area contributed by atoms with Crippen molar-refractivity contribution in [1.29, 1.82) is 0 Å². The number of aryl methyl sites for hydroxylation is 1. The highest BCUT2D eigenvalue weighted by Gasteiger charge is 2.13. The number of nitrogens with zero attached hydrogens (tertiary/aromatic N) is 5. The van der Waals surface area contributed by atoms with Gasteiger partial charge < -0.3 is 0 Å². The van der Waals surface area contributed by atoms with Crippen molar-refractivity contribution in [2.45, 2.75) is 13.5 Å². The predicted molar refractivity (Wildman–Crippen MR) is 96.2 cm³/mol. The van der Waals surface area contributed by atoms with Gasteiger partial charge in [-0.1, -0.05) is 52.7 Å². The lowest BCUT2D eigenvalue weighted by Crippen LogP contribution is -2.21. The first-order valence-electron chi connectivity index (χ1n) is 7.74. The lowest BCUT2D eigenvalue weighted by Gasteiger charge is -2.06. The van der Waals surface area contributed by atoms with Crippen molar-refractivity contribution in [3.05, 3.63) is 81.4 Å². The van der Waals surface area contributed by atoms with Crippen LogP contribution in [0.1, 0.15) is 11.1 Å². The van der Waals surface area contributed by atoms with Crippen LogP contribution in [0.25, 0.3) is 16.9 Å². The fraction of sp³-hybridized carbons (Fsp3) is 0.111. The standard InChI is InChI=1S/C18H14ClN5O/c1-12-5-7-13(8-6-12)10-23-11-20-17-16(18(23)25)21-22-24(17)15-4-2-3-14(19)9-15/h2-9,11H,10H2,1H3. The Bertz CT molecular complexity index is 1110. The Morgan fingerprint density at radius 3 is 2.68 bits per heavy atom. The maximum Gasteiger partial charge on any atom is 0.283 e. The Morgan fingerprint density at radius 1 is 1.12 bits per heavy atom. The van der Waals surface area contributed by atoms with E-state index in [2.05, 4.69) is 15.3 Å². The molecule has 0 amide bonds. The molecule has 2 aromatic heterocycles. The highest BCUT2D eigenvalue weighted by Crippen LogP contribution is 2.16. The zero-order valence-corrected chi connectivity index (χ0v) is 14.2. The molecule has 0 N–H and O–H groups in total. The van der Waals surface area contributed by atoms with Gasteiger partial charge in [0, 0.05) is 5.02 Å². The molecule has 0 aliphatic rings. The van der Waals surface area contributed by atoms with Gasteiger partial charge in [-0.3, -0.25) is 9.36 Å². The number of rotatable bonds is 3. The van der Waals surface area contributed by atoms with Gasteiger partial charge in [0.1, 0.15) is 6.33 Å². The summed E-state index contributed by atoms with van der Waals surface area (Å²) < 4.78 is 3.04. The Balaban J connectivity index is 1.77. The van der Waals surface area contributed by atoms with E-state index in [9.17, 15) is 4.79 Å². The van der Waals surface area contributed by atoms with E-state index in [0.717, 1.165) is 5.56 Å². The quantitative estimate of drug-likeness (QED) is 0.569. The first-order valence-corrected chi connectivity index (χ1v) is 8.12. The van der Waals surface area contributed by atoms with Gasteiger partial charge >= 0.3 is 0 Å². The Kier molecular flexibility index (Phi) is 3.82. The van der Waals surface area contributed by atoms with E-state index in [4.69, 9.17) is 11.6 Å². The summed E-state index contributed by atoms with van der Waals surface area (Å²) in [4.78, 5) is 17.1. The van der Waals surface area contributed by atoms with Gasteiger partial charge in [0.15, 0.2) is 11.2 Å². The van der Waals surface area contributed by atoms with Crippen molar-refractivity contribution in [2.75, 3.05) is 0 Å². The Morgan fingerprint density at radius 2 is 1.92 bits per heavy atom. The van der Waals surface area contributed by atoms with Gasteiger partial charge in [0.05, 0.1) is 12.2 Å². The zero-order chi connectivity index (χ0) is 17.4. The molecule has 2 aromatic carbocycles. The van der Waals surface area contributed by atoms with Crippen LogP contribution >= 0.6 is 11.6 Å². The average Bonchev–Trinajstić information content (AvgIpc) is 3.04. The summed E-state index contributed by atoms with van der Waals surface area (Å²) >= 11 is 6.02. The monoisotopic (exact) mass is 351 g/mol. The molecule has 0 aliphatic heterocycles. The third kappa shape index (κ3) is 2.92. The largest absolute Gasteiger partial charge is 0.293 e. The molecule has 25 heavy (non-hydrogen) atoms. The second kappa shape index (κ2) is 6.14. The van der Waals surface area contributed by atoms with Crippen molar-refractivity contribution in [3.63, 3.8) is 0 Å². The van der Waals surface area contributed by atoms with E-state index in [1.807, 2.05) is 43.3 Å². The van der Waals surface area contributed by atoms with Crippen LogP contribution in [0.3, 0.4) is 0 Å². The SMILES string of the molecule is Cc1ccc(Cn2cnc3c(nnn3-c3cccc(Cl)c3)c2=O)cc1. The van der Waals surface area contributed by atoms with Crippen molar-refractivity contribution in [3.8, 4) is 5.69 Å². The fourth-order valence-corrected chi connectivity index (χ4v) is 2.81. The molecular formula is C18H14ClN5O. The van der Waals surface area contributed by atoms with Crippen LogP contribution in [0.4, 0.5) is 0 Å². The molecule has 7 heteroatoms. The third-order valence-corrected chi connectivity index (χ3v) is 4.19. The summed E-state index contributed by atoms with van der Waals surface area (Å²) in [6.45, 7) is 2.46. The molecule has 0 fully saturated rings. The fourth-order valence-electron chi connectivity index (χ4n) is 2.63. The summed E-state index contributed by atoms with van der Waals surface area (Å²) in [7, 11) is 0. The maximum atomic E-state index is 12.7. The first kappa shape index (κ1) is 15.5. The maximum absolute atomic E-state index is 12.7. The van der Waals surface area contributed by atoms with Crippen molar-refractivity contribution >= 4 is 22.8 Å². The second-order valence-electron chi connectivity index (χ2n) is 5.82. The highest BCUT2D eigenvalue weighted by atomic mass is 35.5. The van der Waals surface area contributed by atoms with Crippen LogP contribution in [0.2, 0.25) is 5.02 Å². The number of fused-ring (bicyclic) bond motifs is 1. The van der Waals surface area contributed by atoms with Gasteiger partial charge in [-0.05, 0) is 30.7 Å². The van der Waals surface area contributed by atoms with E-state index < -0.39 is 0 Å². The summed E-state index contributed by atoms with van der Waals surface area (Å²) in [5.41, 5.74) is 3.32. The Labute approximate surface area is 148 Å². The molecule has 0 bridgehead atoms. The molecule has 0 unspecified atom stereocenters. The lowest BCUT2D eigenvalue weighted by molar-refractivity contribution is 0.745. The van der Waals surface area contributed by atoms with E-state index in [1.54, 1.807) is 12.1 Å². The summed E-state index contributed by atoms with van der Waals surface area (Å²) in [6, 6.07) is 15.2. The lowest BCUT2D eigenvalue weighted by atomic mass is 10.1. The molecule has 0 radical (unpaired) electrons. The first-order chi connectivity index (χ1) is 12.1. The third-order valence-electron chi connectivity index (χ3n) is 3.96. The predicted octanol–water partition coefficient (Wildman–Crippen LogP) is 2.99. The second-order valence-corrected chi connectivity index (χ2v) is 6.25. The van der Waals surface area contributed by atoms with Gasteiger partial charge in [-0.15, -0.1) is 5.10 Å². The van der Waals surface area contributed by atoms with Gasteiger partial charge in [-0.25, -0.2) is 4.98 Å². The average molecular weight is 352 g/mol. The number of aromatic nitrogens is 5. The molecule has 0 saturated heterocycles. The summed E-state index contributed by atoms with van der Waals surface area (Å²) in [5, 5.41) is 8.65. The minimum Gasteiger partial charge on any atom is -0.293 e. The van der Waals surface area contributed by atoms with Crippen LogP contribution < -0.4 is 5.56 Å². The molecule has 4 rings (SSSR count). The van der Waals surface area contributed by atoms with Crippen LogP contribution in [-0.2, 0) is 6.54 Å². The zero-order valence-electron chi connectivity index (χ0n) is 13.4. The summed E-state index contributed by atoms with van der Waals surface area (Å²) in [5.74, 6) is 0. The topological polar surface area (TPSA) is 65.6 Å². The molecule has 0 aliphatic carbocycles. The van der Waals surface area contributed by atoms with E-state index >= 15 is 0 Å². The normalized spacial score (nSPS) is 11.1. The number of hydrogen-bond acceptors (Lipinski definition) is 4. The molecule has 2 heterocycles. The Hall–Kier alpha value is -2.99. The van der Waals surface area contributed by atoms with E-state index in [0.29, 0.717) is 22.9 Å². The smallest absolute Gasteiger partial charge is 0.283 e. The molecule has 124 valence electrons. The summed E-state index contributed by atoms with van der Waals surface area (Å²) in [6.07, 6.45) is 1.52. The molecule has 0 saturated carbocycles. The number of hydrogen-bond donors (Lipinski definition) is 0. The van der Waals surface area contributed by atoms with E-state index in [-0.39, 0.29) is 11.1 Å². The minimum absolute atomic E-state index is 0.223. The van der Waals surface area contributed by atoms with Gasteiger partial charge in [-0.2, -0.15) is 4.68 Å². The van der Waals surface area contributed by atoms with Crippen LogP contribution in [0.15, 0.2) is 59.7 Å². The number of halogens is 1. The van der Waals surface area contributed by atoms with Gasteiger partial charge in [0.2, 0.25) is 0 Å². The van der Waals surface area contributed by atoms with E-state index in [1.165, 1.54) is 21.1 Å². The van der Waals surface area contributed by atoms with Crippen molar-refractivity contribution < 1.29 is 0 Å². The van der Waals surface area contributed by atoms with Crippen LogP contribution in [0.5, 0.6) is 0 Å².